The first-order chi connectivity index (χ1) is 12.5. The van der Waals surface area contributed by atoms with Crippen molar-refractivity contribution in [3.8, 4) is 0 Å². The lowest BCUT2D eigenvalue weighted by molar-refractivity contribution is 0.0929. The van der Waals surface area contributed by atoms with Crippen LogP contribution in [0.2, 0.25) is 0 Å². The summed E-state index contributed by atoms with van der Waals surface area (Å²) < 4.78 is 31.9. The van der Waals surface area contributed by atoms with Gasteiger partial charge in [-0.1, -0.05) is 6.07 Å². The van der Waals surface area contributed by atoms with Crippen LogP contribution in [0.25, 0.3) is 0 Å². The molecule has 1 fully saturated rings. The summed E-state index contributed by atoms with van der Waals surface area (Å²) >= 11 is 0. The number of nitrogens with zero attached hydrogens (tertiary/aromatic N) is 1. The Morgan fingerprint density at radius 1 is 1.27 bits per heavy atom. The van der Waals surface area contributed by atoms with E-state index in [2.05, 4.69) is 10.2 Å². The van der Waals surface area contributed by atoms with Gasteiger partial charge in [-0.15, -0.1) is 0 Å². The van der Waals surface area contributed by atoms with Gasteiger partial charge in [-0.05, 0) is 68.0 Å². The van der Waals surface area contributed by atoms with E-state index >= 15 is 0 Å². The Balaban J connectivity index is 1.51. The lowest BCUT2D eigenvalue weighted by Crippen LogP contribution is -2.35. The molecule has 1 aromatic heterocycles. The van der Waals surface area contributed by atoms with Crippen LogP contribution >= 0.6 is 0 Å². The van der Waals surface area contributed by atoms with Crippen LogP contribution in [0.1, 0.15) is 41.1 Å². The number of furan rings is 1. The van der Waals surface area contributed by atoms with Crippen molar-refractivity contribution in [3.63, 3.8) is 0 Å². The van der Waals surface area contributed by atoms with Gasteiger partial charge in [0, 0.05) is 13.6 Å². The molecule has 1 aliphatic rings. The van der Waals surface area contributed by atoms with Crippen LogP contribution in [0.3, 0.4) is 0 Å². The summed E-state index contributed by atoms with van der Waals surface area (Å²) in [4.78, 5) is 13.9. The molecule has 0 spiro atoms. The van der Waals surface area contributed by atoms with Gasteiger partial charge in [-0.3, -0.25) is 9.69 Å². The quantitative estimate of drug-likeness (QED) is 0.851. The normalized spacial score (nSPS) is 18.0. The average Bonchev–Trinajstić information content (AvgIpc) is 3.11. The summed E-state index contributed by atoms with van der Waals surface area (Å²) in [5, 5.41) is 2.55. The maximum Gasteiger partial charge on any atom is 0.286 e. The topological polar surface area (TPSA) is 45.5 Å². The summed E-state index contributed by atoms with van der Waals surface area (Å²) in [6.45, 7) is 2.62. The fourth-order valence-electron chi connectivity index (χ4n) is 3.52. The molecule has 0 aliphatic carbocycles. The van der Waals surface area contributed by atoms with Crippen molar-refractivity contribution in [3.05, 3.63) is 59.1 Å². The number of likely N-dealkylation sites (tertiary alicyclic amines) is 1. The van der Waals surface area contributed by atoms with Crippen molar-refractivity contribution < 1.29 is 18.0 Å². The van der Waals surface area contributed by atoms with Crippen LogP contribution in [0, 0.1) is 17.6 Å². The summed E-state index contributed by atoms with van der Waals surface area (Å²) in [6, 6.07) is 7.67. The van der Waals surface area contributed by atoms with E-state index in [1.165, 1.54) is 12.1 Å². The smallest absolute Gasteiger partial charge is 0.286 e. The Morgan fingerprint density at radius 2 is 2.12 bits per heavy atom. The van der Waals surface area contributed by atoms with Gasteiger partial charge in [-0.25, -0.2) is 8.78 Å². The molecule has 4 nitrogen and oxygen atoms in total. The third-order valence-corrected chi connectivity index (χ3v) is 4.92. The van der Waals surface area contributed by atoms with E-state index < -0.39 is 11.6 Å². The zero-order valence-electron chi connectivity index (χ0n) is 14.9. The minimum absolute atomic E-state index is 0.223. The van der Waals surface area contributed by atoms with Crippen molar-refractivity contribution in [2.24, 2.45) is 5.92 Å². The molecule has 2 heterocycles. The maximum absolute atomic E-state index is 13.3. The van der Waals surface area contributed by atoms with E-state index in [-0.39, 0.29) is 5.91 Å². The highest BCUT2D eigenvalue weighted by molar-refractivity contribution is 5.91. The predicted octanol–water partition coefficient (Wildman–Crippen LogP) is 3.76. The molecule has 0 radical (unpaired) electrons. The molecule has 6 heteroatoms. The van der Waals surface area contributed by atoms with Crippen molar-refractivity contribution in [2.75, 3.05) is 20.1 Å². The third kappa shape index (κ3) is 4.69. The molecular weight excluding hydrogens is 338 g/mol. The fraction of sp³-hybridized carbons (Fsp3) is 0.450. The van der Waals surface area contributed by atoms with Gasteiger partial charge in [0.25, 0.3) is 5.91 Å². The van der Waals surface area contributed by atoms with Gasteiger partial charge < -0.3 is 9.73 Å². The first kappa shape index (κ1) is 18.6. The highest BCUT2D eigenvalue weighted by Gasteiger charge is 2.21. The number of rotatable bonds is 6. The predicted molar refractivity (Wildman–Crippen MR) is 94.8 cm³/mol. The van der Waals surface area contributed by atoms with Gasteiger partial charge >= 0.3 is 0 Å². The van der Waals surface area contributed by atoms with Crippen LogP contribution in [0.4, 0.5) is 8.78 Å². The standard InChI is InChI=1S/C20H24F2N2O2/c1-23-20(25)19-9-7-16(26-19)13-24-10-2-3-15(12-24)5-4-14-6-8-17(21)18(22)11-14/h6-9,11,15H,2-5,10,12-13H2,1H3,(H,23,25). The van der Waals surface area contributed by atoms with E-state index in [1.54, 1.807) is 19.2 Å². The largest absolute Gasteiger partial charge is 0.455 e. The minimum Gasteiger partial charge on any atom is -0.455 e. The monoisotopic (exact) mass is 362 g/mol. The van der Waals surface area contributed by atoms with Gasteiger partial charge in [0.1, 0.15) is 5.76 Å². The van der Waals surface area contributed by atoms with Crippen LogP contribution < -0.4 is 5.32 Å². The minimum atomic E-state index is -0.799. The molecule has 2 aromatic rings. The molecule has 1 atom stereocenters. The van der Waals surface area contributed by atoms with E-state index in [0.29, 0.717) is 18.2 Å². The molecule has 1 unspecified atom stereocenters. The zero-order chi connectivity index (χ0) is 18.5. The lowest BCUT2D eigenvalue weighted by Gasteiger charge is -2.32. The number of benzene rings is 1. The van der Waals surface area contributed by atoms with Gasteiger partial charge in [0.2, 0.25) is 0 Å². The molecule has 0 bridgehead atoms. The van der Waals surface area contributed by atoms with E-state index in [9.17, 15) is 13.6 Å². The number of nitrogens with one attached hydrogen (secondary N) is 1. The number of halogens is 2. The Labute approximate surface area is 152 Å². The Bertz CT molecular complexity index is 760. The van der Waals surface area contributed by atoms with Gasteiger partial charge in [0.15, 0.2) is 17.4 Å². The van der Waals surface area contributed by atoms with E-state index in [0.717, 1.165) is 50.1 Å². The Kier molecular flexibility index (Phi) is 6.04. The molecular formula is C20H24F2N2O2. The maximum atomic E-state index is 13.3. The number of carbonyl (C=O) groups is 1. The molecule has 1 N–H and O–H groups in total. The molecule has 1 aliphatic heterocycles. The highest BCUT2D eigenvalue weighted by Crippen LogP contribution is 2.24. The van der Waals surface area contributed by atoms with Gasteiger partial charge in [0.05, 0.1) is 6.54 Å². The van der Waals surface area contributed by atoms with Crippen molar-refractivity contribution in [1.82, 2.24) is 10.2 Å². The van der Waals surface area contributed by atoms with E-state index in [1.807, 2.05) is 6.07 Å². The number of aryl methyl sites for hydroxylation is 1. The van der Waals surface area contributed by atoms with Crippen LogP contribution in [-0.4, -0.2) is 30.9 Å². The number of hydrogen-bond acceptors (Lipinski definition) is 3. The molecule has 3 rings (SSSR count). The molecule has 0 saturated carbocycles. The van der Waals surface area contributed by atoms with E-state index in [4.69, 9.17) is 4.42 Å². The SMILES string of the molecule is CNC(=O)c1ccc(CN2CCCC(CCc3ccc(F)c(F)c3)C2)o1. The summed E-state index contributed by atoms with van der Waals surface area (Å²) in [6.07, 6.45) is 3.94. The third-order valence-electron chi connectivity index (χ3n) is 4.92. The van der Waals surface area contributed by atoms with Crippen molar-refractivity contribution >= 4 is 5.91 Å². The van der Waals surface area contributed by atoms with Crippen LogP contribution in [-0.2, 0) is 13.0 Å². The molecule has 26 heavy (non-hydrogen) atoms. The molecule has 1 saturated heterocycles. The summed E-state index contributed by atoms with van der Waals surface area (Å²) in [7, 11) is 1.58. The zero-order valence-corrected chi connectivity index (χ0v) is 14.9. The van der Waals surface area contributed by atoms with Crippen molar-refractivity contribution in [1.29, 1.82) is 0 Å². The second kappa shape index (κ2) is 8.45. The summed E-state index contributed by atoms with van der Waals surface area (Å²) in [5.41, 5.74) is 0.835. The number of piperidine rings is 1. The Hall–Kier alpha value is -2.21. The second-order valence-corrected chi connectivity index (χ2v) is 6.88. The Morgan fingerprint density at radius 3 is 2.88 bits per heavy atom. The number of hydrogen-bond donors (Lipinski definition) is 1. The molecule has 1 aromatic carbocycles. The molecule has 140 valence electrons. The lowest BCUT2D eigenvalue weighted by atomic mass is 9.91. The average molecular weight is 362 g/mol. The van der Waals surface area contributed by atoms with Gasteiger partial charge in [-0.2, -0.15) is 0 Å². The highest BCUT2D eigenvalue weighted by atomic mass is 19.2. The van der Waals surface area contributed by atoms with Crippen LogP contribution in [0.15, 0.2) is 34.7 Å². The summed E-state index contributed by atoms with van der Waals surface area (Å²) in [5.74, 6) is -0.173. The molecule has 1 amide bonds. The van der Waals surface area contributed by atoms with Crippen LogP contribution in [0.5, 0.6) is 0 Å². The first-order valence-electron chi connectivity index (χ1n) is 9.02. The number of carbonyl (C=O) groups excluding carboxylic acids is 1. The number of amides is 1. The first-order valence-corrected chi connectivity index (χ1v) is 9.02. The fourth-order valence-corrected chi connectivity index (χ4v) is 3.52. The second-order valence-electron chi connectivity index (χ2n) is 6.88. The van der Waals surface area contributed by atoms with Crippen molar-refractivity contribution in [2.45, 2.75) is 32.2 Å².